The summed E-state index contributed by atoms with van der Waals surface area (Å²) in [6.07, 6.45) is -2.77. The molecule has 2 aromatic heterocycles. The molecule has 1 aliphatic rings. The Morgan fingerprint density at radius 1 is 1.08 bits per heavy atom. The SMILES string of the molecule is CCc1nnc(CN2CCN(c3ccc(C(F)(F)F)cn3)CC2)o1. The van der Waals surface area contributed by atoms with E-state index in [4.69, 9.17) is 4.42 Å². The molecule has 0 aromatic carbocycles. The first-order chi connectivity index (χ1) is 11.5. The molecule has 0 spiro atoms. The molecule has 0 N–H and O–H groups in total. The van der Waals surface area contributed by atoms with E-state index in [1.54, 1.807) is 0 Å². The Morgan fingerprint density at radius 3 is 2.33 bits per heavy atom. The summed E-state index contributed by atoms with van der Waals surface area (Å²) in [5, 5.41) is 7.94. The highest BCUT2D eigenvalue weighted by Crippen LogP contribution is 2.29. The Balaban J connectivity index is 1.54. The zero-order valence-electron chi connectivity index (χ0n) is 13.3. The number of aromatic nitrogens is 3. The molecule has 0 radical (unpaired) electrons. The smallest absolute Gasteiger partial charge is 0.417 e. The van der Waals surface area contributed by atoms with Crippen molar-refractivity contribution < 1.29 is 17.6 Å². The summed E-state index contributed by atoms with van der Waals surface area (Å²) < 4.78 is 43.2. The fourth-order valence-corrected chi connectivity index (χ4v) is 2.56. The van der Waals surface area contributed by atoms with E-state index in [9.17, 15) is 13.2 Å². The van der Waals surface area contributed by atoms with Crippen molar-refractivity contribution in [2.45, 2.75) is 26.1 Å². The molecule has 2 aromatic rings. The van der Waals surface area contributed by atoms with Crippen molar-refractivity contribution in [2.24, 2.45) is 0 Å². The quantitative estimate of drug-likeness (QED) is 0.851. The second kappa shape index (κ2) is 6.76. The number of alkyl halides is 3. The van der Waals surface area contributed by atoms with Crippen LogP contribution in [0.2, 0.25) is 0 Å². The normalized spacial score (nSPS) is 16.6. The number of hydrogen-bond acceptors (Lipinski definition) is 6. The fourth-order valence-electron chi connectivity index (χ4n) is 2.56. The van der Waals surface area contributed by atoms with Crippen LogP contribution in [0.25, 0.3) is 0 Å². The standard InChI is InChI=1S/C15H18F3N5O/c1-2-13-20-21-14(24-13)10-22-5-7-23(8-6-22)12-4-3-11(9-19-12)15(16,17)18/h3-4,9H,2,5-8,10H2,1H3. The summed E-state index contributed by atoms with van der Waals surface area (Å²) >= 11 is 0. The largest absolute Gasteiger partial charge is 0.424 e. The monoisotopic (exact) mass is 341 g/mol. The summed E-state index contributed by atoms with van der Waals surface area (Å²) in [6.45, 7) is 5.42. The van der Waals surface area contributed by atoms with E-state index in [0.29, 0.717) is 43.7 Å². The minimum atomic E-state index is -4.36. The van der Waals surface area contributed by atoms with Gasteiger partial charge in [-0.25, -0.2) is 4.98 Å². The van der Waals surface area contributed by atoms with E-state index in [1.807, 2.05) is 11.8 Å². The van der Waals surface area contributed by atoms with Crippen molar-refractivity contribution >= 4 is 5.82 Å². The van der Waals surface area contributed by atoms with E-state index in [1.165, 1.54) is 6.07 Å². The fraction of sp³-hybridized carbons (Fsp3) is 0.533. The molecule has 0 aliphatic carbocycles. The predicted molar refractivity (Wildman–Crippen MR) is 80.4 cm³/mol. The van der Waals surface area contributed by atoms with E-state index in [2.05, 4.69) is 20.1 Å². The second-order valence-corrected chi connectivity index (χ2v) is 5.61. The number of nitrogens with zero attached hydrogens (tertiary/aromatic N) is 5. The maximum atomic E-state index is 12.6. The van der Waals surface area contributed by atoms with Crippen LogP contribution in [0.4, 0.5) is 19.0 Å². The lowest BCUT2D eigenvalue weighted by Gasteiger charge is -2.34. The van der Waals surface area contributed by atoms with Gasteiger partial charge in [0.2, 0.25) is 11.8 Å². The van der Waals surface area contributed by atoms with Gasteiger partial charge in [0.1, 0.15) is 5.82 Å². The molecule has 6 nitrogen and oxygen atoms in total. The first kappa shape index (κ1) is 16.7. The van der Waals surface area contributed by atoms with Crippen molar-refractivity contribution in [3.63, 3.8) is 0 Å². The summed E-state index contributed by atoms with van der Waals surface area (Å²) in [5.41, 5.74) is -0.729. The molecule has 24 heavy (non-hydrogen) atoms. The zero-order valence-corrected chi connectivity index (χ0v) is 13.3. The lowest BCUT2D eigenvalue weighted by atomic mass is 10.2. The molecule has 3 heterocycles. The van der Waals surface area contributed by atoms with Gasteiger partial charge in [0.05, 0.1) is 12.1 Å². The summed E-state index contributed by atoms with van der Waals surface area (Å²) in [4.78, 5) is 8.09. The van der Waals surface area contributed by atoms with Crippen molar-refractivity contribution in [1.82, 2.24) is 20.1 Å². The van der Waals surface area contributed by atoms with Crippen LogP contribution in [-0.2, 0) is 19.1 Å². The maximum absolute atomic E-state index is 12.6. The molecule has 3 rings (SSSR count). The van der Waals surface area contributed by atoms with E-state index in [-0.39, 0.29) is 0 Å². The minimum absolute atomic E-state index is 0.564. The van der Waals surface area contributed by atoms with Crippen LogP contribution in [-0.4, -0.2) is 46.3 Å². The van der Waals surface area contributed by atoms with Gasteiger partial charge < -0.3 is 9.32 Å². The van der Waals surface area contributed by atoms with Gasteiger partial charge in [0, 0.05) is 38.8 Å². The molecule has 0 bridgehead atoms. The number of aryl methyl sites for hydroxylation is 1. The van der Waals surface area contributed by atoms with Crippen molar-refractivity contribution in [3.8, 4) is 0 Å². The van der Waals surface area contributed by atoms with Crippen LogP contribution in [0.3, 0.4) is 0 Å². The Bertz CT molecular complexity index is 662. The molecule has 130 valence electrons. The van der Waals surface area contributed by atoms with Crippen LogP contribution in [0.1, 0.15) is 24.3 Å². The zero-order chi connectivity index (χ0) is 17.2. The first-order valence-electron chi connectivity index (χ1n) is 7.77. The van der Waals surface area contributed by atoms with Crippen LogP contribution >= 0.6 is 0 Å². The van der Waals surface area contributed by atoms with Crippen LogP contribution in [0, 0.1) is 0 Å². The van der Waals surface area contributed by atoms with Gasteiger partial charge in [-0.1, -0.05) is 6.92 Å². The Kier molecular flexibility index (Phi) is 4.70. The number of hydrogen-bond donors (Lipinski definition) is 0. The number of rotatable bonds is 4. The maximum Gasteiger partial charge on any atom is 0.417 e. The second-order valence-electron chi connectivity index (χ2n) is 5.61. The summed E-state index contributed by atoms with van der Waals surface area (Å²) in [7, 11) is 0. The number of anilines is 1. The Morgan fingerprint density at radius 2 is 1.79 bits per heavy atom. The number of piperazine rings is 1. The molecule has 9 heteroatoms. The number of pyridine rings is 1. The van der Waals surface area contributed by atoms with Crippen molar-refractivity contribution in [2.75, 3.05) is 31.1 Å². The lowest BCUT2D eigenvalue weighted by molar-refractivity contribution is -0.137. The van der Waals surface area contributed by atoms with Crippen LogP contribution in [0.5, 0.6) is 0 Å². The molecule has 1 saturated heterocycles. The number of halogens is 3. The highest BCUT2D eigenvalue weighted by Gasteiger charge is 2.31. The molecule has 0 unspecified atom stereocenters. The molecular formula is C15H18F3N5O. The van der Waals surface area contributed by atoms with Crippen molar-refractivity contribution in [3.05, 3.63) is 35.7 Å². The highest BCUT2D eigenvalue weighted by atomic mass is 19.4. The predicted octanol–water partition coefficient (Wildman–Crippen LogP) is 2.37. The molecule has 0 amide bonds. The van der Waals surface area contributed by atoms with Crippen molar-refractivity contribution in [1.29, 1.82) is 0 Å². The summed E-state index contributed by atoms with van der Waals surface area (Å²) in [6, 6.07) is 2.49. The average Bonchev–Trinajstić information content (AvgIpc) is 3.02. The van der Waals surface area contributed by atoms with Gasteiger partial charge in [-0.2, -0.15) is 13.2 Å². The molecule has 1 aliphatic heterocycles. The van der Waals surface area contributed by atoms with Gasteiger partial charge in [-0.3, -0.25) is 4.90 Å². The van der Waals surface area contributed by atoms with E-state index < -0.39 is 11.7 Å². The Labute approximate surface area is 137 Å². The van der Waals surface area contributed by atoms with Crippen LogP contribution in [0.15, 0.2) is 22.7 Å². The molecule has 1 fully saturated rings. The van der Waals surface area contributed by atoms with Gasteiger partial charge in [0.25, 0.3) is 0 Å². The minimum Gasteiger partial charge on any atom is -0.424 e. The summed E-state index contributed by atoms with van der Waals surface area (Å²) in [5.74, 6) is 1.78. The van der Waals surface area contributed by atoms with E-state index in [0.717, 1.165) is 25.4 Å². The third-order valence-corrected chi connectivity index (χ3v) is 3.94. The third kappa shape index (κ3) is 3.84. The molecule has 0 atom stereocenters. The topological polar surface area (TPSA) is 58.3 Å². The molecule has 0 saturated carbocycles. The lowest BCUT2D eigenvalue weighted by Crippen LogP contribution is -2.46. The van der Waals surface area contributed by atoms with Gasteiger partial charge >= 0.3 is 6.18 Å². The highest BCUT2D eigenvalue weighted by molar-refractivity contribution is 5.40. The Hall–Kier alpha value is -2.16. The van der Waals surface area contributed by atoms with Gasteiger partial charge in [-0.05, 0) is 12.1 Å². The van der Waals surface area contributed by atoms with E-state index >= 15 is 0 Å². The molecular weight excluding hydrogens is 323 g/mol. The van der Waals surface area contributed by atoms with Gasteiger partial charge in [0.15, 0.2) is 0 Å². The van der Waals surface area contributed by atoms with Gasteiger partial charge in [-0.15, -0.1) is 10.2 Å². The first-order valence-corrected chi connectivity index (χ1v) is 7.77. The van der Waals surface area contributed by atoms with Crippen LogP contribution < -0.4 is 4.90 Å². The average molecular weight is 341 g/mol. The third-order valence-electron chi connectivity index (χ3n) is 3.94.